The second-order valence-electron chi connectivity index (χ2n) is 7.19. The summed E-state index contributed by atoms with van der Waals surface area (Å²) in [7, 11) is 0. The molecule has 1 aromatic rings. The average molecular weight is 329 g/mol. The maximum absolute atomic E-state index is 9.19. The molecule has 0 aromatic heterocycles. The summed E-state index contributed by atoms with van der Waals surface area (Å²) in [6.45, 7) is 2.63. The van der Waals surface area contributed by atoms with Crippen LogP contribution in [0.1, 0.15) is 63.0 Å². The molecule has 0 saturated heterocycles. The van der Waals surface area contributed by atoms with Crippen molar-refractivity contribution in [3.05, 3.63) is 35.4 Å². The van der Waals surface area contributed by atoms with Crippen molar-refractivity contribution in [2.75, 3.05) is 13.2 Å². The highest BCUT2D eigenvalue weighted by Gasteiger charge is 2.16. The molecule has 3 heteroatoms. The maximum atomic E-state index is 9.19. The van der Waals surface area contributed by atoms with E-state index in [9.17, 15) is 5.11 Å². The van der Waals surface area contributed by atoms with Crippen LogP contribution in [0.2, 0.25) is 0 Å². The molecule has 1 aliphatic carbocycles. The molecule has 0 spiro atoms. The van der Waals surface area contributed by atoms with E-state index in [1.165, 1.54) is 37.7 Å². The monoisotopic (exact) mass is 329 g/mol. The van der Waals surface area contributed by atoms with Gasteiger partial charge in [-0.25, -0.2) is 0 Å². The summed E-state index contributed by atoms with van der Waals surface area (Å²) >= 11 is 0. The predicted molar refractivity (Wildman–Crippen MR) is 98.8 cm³/mol. The zero-order valence-electron chi connectivity index (χ0n) is 14.9. The molecular formula is C21H31NO2. The van der Waals surface area contributed by atoms with Gasteiger partial charge in [-0.2, -0.15) is 0 Å². The first-order valence-corrected chi connectivity index (χ1v) is 9.18. The third kappa shape index (κ3) is 7.05. The van der Waals surface area contributed by atoms with Crippen molar-refractivity contribution < 1.29 is 9.84 Å². The first-order chi connectivity index (χ1) is 11.6. The van der Waals surface area contributed by atoms with Crippen LogP contribution in [0.4, 0.5) is 0 Å². The van der Waals surface area contributed by atoms with E-state index in [4.69, 9.17) is 10.5 Å². The number of aliphatic hydroxyl groups excluding tert-OH is 1. The molecule has 1 atom stereocenters. The molecular weight excluding hydrogens is 298 g/mol. The quantitative estimate of drug-likeness (QED) is 0.595. The minimum absolute atomic E-state index is 0.0134. The Balaban J connectivity index is 1.69. The minimum atomic E-state index is -0.503. The Hall–Kier alpha value is -1.34. The van der Waals surface area contributed by atoms with Crippen molar-refractivity contribution in [1.82, 2.24) is 0 Å². The van der Waals surface area contributed by atoms with Crippen LogP contribution in [0.25, 0.3) is 0 Å². The van der Waals surface area contributed by atoms with Crippen molar-refractivity contribution >= 4 is 0 Å². The fourth-order valence-corrected chi connectivity index (χ4v) is 2.94. The zero-order chi connectivity index (χ0) is 17.3. The molecule has 3 N–H and O–H groups in total. The topological polar surface area (TPSA) is 55.5 Å². The van der Waals surface area contributed by atoms with E-state index in [1.54, 1.807) is 0 Å². The summed E-state index contributed by atoms with van der Waals surface area (Å²) in [6.07, 6.45) is 9.31. The van der Waals surface area contributed by atoms with E-state index >= 15 is 0 Å². The van der Waals surface area contributed by atoms with E-state index in [-0.39, 0.29) is 6.61 Å². The van der Waals surface area contributed by atoms with Gasteiger partial charge in [0.1, 0.15) is 0 Å². The van der Waals surface area contributed by atoms with E-state index in [2.05, 4.69) is 36.1 Å². The lowest BCUT2D eigenvalue weighted by molar-refractivity contribution is 0.0320. The second kappa shape index (κ2) is 9.84. The van der Waals surface area contributed by atoms with Gasteiger partial charge in [0.25, 0.3) is 0 Å². The van der Waals surface area contributed by atoms with E-state index in [1.807, 2.05) is 6.92 Å². The van der Waals surface area contributed by atoms with Crippen LogP contribution in [0.3, 0.4) is 0 Å². The molecule has 1 fully saturated rings. The third-order valence-corrected chi connectivity index (χ3v) is 4.67. The van der Waals surface area contributed by atoms with Crippen LogP contribution in [0.5, 0.6) is 0 Å². The van der Waals surface area contributed by atoms with Gasteiger partial charge in [-0.05, 0) is 50.3 Å². The van der Waals surface area contributed by atoms with Crippen molar-refractivity contribution in [3.63, 3.8) is 0 Å². The van der Waals surface area contributed by atoms with Gasteiger partial charge < -0.3 is 15.6 Å². The molecule has 0 bridgehead atoms. The van der Waals surface area contributed by atoms with Gasteiger partial charge in [0, 0.05) is 17.5 Å². The highest BCUT2D eigenvalue weighted by molar-refractivity contribution is 5.36. The molecule has 1 saturated carbocycles. The van der Waals surface area contributed by atoms with Crippen LogP contribution in [-0.4, -0.2) is 30.0 Å². The number of hydrogen-bond donors (Lipinski definition) is 2. The highest BCUT2D eigenvalue weighted by Crippen LogP contribution is 2.20. The fourth-order valence-electron chi connectivity index (χ4n) is 2.94. The Bertz CT molecular complexity index is 533. The number of nitrogens with two attached hydrogens (primary N) is 1. The first kappa shape index (κ1) is 19.0. The van der Waals surface area contributed by atoms with Crippen molar-refractivity contribution in [2.45, 2.75) is 69.9 Å². The summed E-state index contributed by atoms with van der Waals surface area (Å²) in [5.41, 5.74) is 7.72. The predicted octanol–water partition coefficient (Wildman–Crippen LogP) is 3.42. The number of aryl methyl sites for hydroxylation is 1. The zero-order valence-corrected chi connectivity index (χ0v) is 14.9. The molecule has 24 heavy (non-hydrogen) atoms. The second-order valence-corrected chi connectivity index (χ2v) is 7.19. The van der Waals surface area contributed by atoms with Gasteiger partial charge in [0.2, 0.25) is 0 Å². The van der Waals surface area contributed by atoms with Gasteiger partial charge in [-0.3, -0.25) is 0 Å². The molecule has 0 radical (unpaired) electrons. The van der Waals surface area contributed by atoms with Gasteiger partial charge in [0.15, 0.2) is 0 Å². The Morgan fingerprint density at radius 1 is 1.21 bits per heavy atom. The number of ether oxygens (including phenoxy) is 1. The third-order valence-electron chi connectivity index (χ3n) is 4.67. The number of hydrogen-bond acceptors (Lipinski definition) is 3. The van der Waals surface area contributed by atoms with Gasteiger partial charge in [0.05, 0.1) is 19.3 Å². The fraction of sp³-hybridized carbons (Fsp3) is 0.619. The van der Waals surface area contributed by atoms with Gasteiger partial charge >= 0.3 is 0 Å². The molecule has 0 unspecified atom stereocenters. The Kier molecular flexibility index (Phi) is 7.78. The van der Waals surface area contributed by atoms with Crippen molar-refractivity contribution in [1.29, 1.82) is 0 Å². The SMILES string of the molecule is C[C@](N)(CO)CCc1ccc(C#CCCOC2CCCCC2)cc1. The molecule has 3 nitrogen and oxygen atoms in total. The number of rotatable bonds is 7. The van der Waals surface area contributed by atoms with E-state index < -0.39 is 5.54 Å². The Labute approximate surface area is 146 Å². The Morgan fingerprint density at radius 3 is 2.58 bits per heavy atom. The van der Waals surface area contributed by atoms with Crippen LogP contribution in [0, 0.1) is 11.8 Å². The van der Waals surface area contributed by atoms with Crippen molar-refractivity contribution in [3.8, 4) is 11.8 Å². The standard InChI is InChI=1S/C21H31NO2/c1-21(22,17-23)15-14-19-12-10-18(11-13-19)7-5-6-16-24-20-8-3-2-4-9-20/h10-13,20,23H,2-4,6,8-9,14-17,22H2,1H3/t21-/m1/s1. The summed E-state index contributed by atoms with van der Waals surface area (Å²) < 4.78 is 5.88. The first-order valence-electron chi connectivity index (χ1n) is 9.18. The van der Waals surface area contributed by atoms with Crippen LogP contribution in [0.15, 0.2) is 24.3 Å². The summed E-state index contributed by atoms with van der Waals surface area (Å²) in [5.74, 6) is 6.40. The van der Waals surface area contributed by atoms with Crippen molar-refractivity contribution in [2.24, 2.45) is 5.73 Å². The molecule has 0 amide bonds. The van der Waals surface area contributed by atoms with Crippen LogP contribution >= 0.6 is 0 Å². The lowest BCUT2D eigenvalue weighted by Gasteiger charge is -2.21. The summed E-state index contributed by atoms with van der Waals surface area (Å²) in [4.78, 5) is 0. The molecule has 1 aliphatic rings. The summed E-state index contributed by atoms with van der Waals surface area (Å²) in [6, 6.07) is 8.29. The van der Waals surface area contributed by atoms with Gasteiger partial charge in [-0.1, -0.05) is 43.2 Å². The normalized spacial score (nSPS) is 17.8. The lowest BCUT2D eigenvalue weighted by atomic mass is 9.95. The summed E-state index contributed by atoms with van der Waals surface area (Å²) in [5, 5.41) is 9.19. The number of benzene rings is 1. The minimum Gasteiger partial charge on any atom is -0.394 e. The average Bonchev–Trinajstić information content (AvgIpc) is 2.62. The Morgan fingerprint density at radius 2 is 1.92 bits per heavy atom. The van der Waals surface area contributed by atoms with Gasteiger partial charge in [-0.15, -0.1) is 0 Å². The molecule has 0 heterocycles. The molecule has 132 valence electrons. The largest absolute Gasteiger partial charge is 0.394 e. The van der Waals surface area contributed by atoms with Crippen LogP contribution in [-0.2, 0) is 11.2 Å². The van der Waals surface area contributed by atoms with Crippen LogP contribution < -0.4 is 5.73 Å². The molecule has 2 rings (SSSR count). The smallest absolute Gasteiger partial charge is 0.0608 e. The maximum Gasteiger partial charge on any atom is 0.0608 e. The number of aliphatic hydroxyl groups is 1. The molecule has 1 aromatic carbocycles. The highest BCUT2D eigenvalue weighted by atomic mass is 16.5. The van der Waals surface area contributed by atoms with E-state index in [0.29, 0.717) is 6.10 Å². The molecule has 0 aliphatic heterocycles. The lowest BCUT2D eigenvalue weighted by Crippen LogP contribution is -2.40. The van der Waals surface area contributed by atoms with E-state index in [0.717, 1.165) is 31.4 Å².